The summed E-state index contributed by atoms with van der Waals surface area (Å²) in [6.07, 6.45) is 0. The average molecular weight is 567 g/mol. The van der Waals surface area contributed by atoms with E-state index in [2.05, 4.69) is 5.32 Å². The van der Waals surface area contributed by atoms with Crippen LogP contribution < -0.4 is 38.5 Å². The number of likely N-dealkylation sites (N-methyl/N-ethyl adjacent to an activating group) is 1. The van der Waals surface area contributed by atoms with Crippen LogP contribution in [0.1, 0.15) is 33.4 Å². The summed E-state index contributed by atoms with van der Waals surface area (Å²) in [4.78, 5) is 29.5. The minimum absolute atomic E-state index is 0.280. The number of methoxy groups -OCH3 is 7. The first-order chi connectivity index (χ1) is 19.8. The second-order valence-corrected chi connectivity index (χ2v) is 9.15. The summed E-state index contributed by atoms with van der Waals surface area (Å²) in [6.45, 7) is 0. The maximum atomic E-state index is 14.3. The molecule has 0 aliphatic carbocycles. The lowest BCUT2D eigenvalue weighted by Crippen LogP contribution is -2.44. The zero-order chi connectivity index (χ0) is 29.8. The van der Waals surface area contributed by atoms with Crippen molar-refractivity contribution in [2.24, 2.45) is 0 Å². The smallest absolute Gasteiger partial charge is 0.254 e. The van der Waals surface area contributed by atoms with Crippen molar-refractivity contribution in [3.63, 3.8) is 0 Å². The van der Waals surface area contributed by atoms with Gasteiger partial charge in [0.25, 0.3) is 5.91 Å². The third-order valence-electron chi connectivity index (χ3n) is 7.14. The van der Waals surface area contributed by atoms with Crippen molar-refractivity contribution < 1.29 is 42.7 Å². The van der Waals surface area contributed by atoms with Gasteiger partial charge in [0.1, 0.15) is 0 Å². The molecule has 1 aliphatic rings. The van der Waals surface area contributed by atoms with Crippen molar-refractivity contribution in [3.05, 3.63) is 59.2 Å². The number of rotatable bonds is 10. The highest BCUT2D eigenvalue weighted by Crippen LogP contribution is 2.48. The highest BCUT2D eigenvalue weighted by molar-refractivity contribution is 6.05. The predicted octanol–water partition coefficient (Wildman–Crippen LogP) is 4.30. The number of fused-ring (bicyclic) bond motifs is 1. The van der Waals surface area contributed by atoms with E-state index in [0.717, 1.165) is 0 Å². The average Bonchev–Trinajstić information content (AvgIpc) is 3.00. The summed E-state index contributed by atoms with van der Waals surface area (Å²) in [6, 6.07) is 11.1. The molecular weight excluding hydrogens is 532 g/mol. The third kappa shape index (κ3) is 5.22. The Morgan fingerprint density at radius 1 is 0.683 bits per heavy atom. The van der Waals surface area contributed by atoms with Crippen molar-refractivity contribution in [2.75, 3.05) is 62.1 Å². The minimum atomic E-state index is -0.871. The molecule has 0 bridgehead atoms. The van der Waals surface area contributed by atoms with E-state index >= 15 is 0 Å². The summed E-state index contributed by atoms with van der Waals surface area (Å²) in [5.74, 6) is 1.36. The summed E-state index contributed by atoms with van der Waals surface area (Å²) < 4.78 is 38.3. The van der Waals surface area contributed by atoms with Crippen molar-refractivity contribution in [3.8, 4) is 40.2 Å². The zero-order valence-electron chi connectivity index (χ0n) is 24.3. The topological polar surface area (TPSA) is 114 Å². The molecule has 0 radical (unpaired) electrons. The van der Waals surface area contributed by atoms with Crippen molar-refractivity contribution in [2.45, 2.75) is 12.0 Å². The van der Waals surface area contributed by atoms with Crippen LogP contribution in [0.25, 0.3) is 0 Å². The Hall–Kier alpha value is -4.80. The highest BCUT2D eigenvalue weighted by Gasteiger charge is 2.44. The van der Waals surface area contributed by atoms with E-state index in [4.69, 9.17) is 33.2 Å². The van der Waals surface area contributed by atoms with E-state index in [9.17, 15) is 9.59 Å². The van der Waals surface area contributed by atoms with Crippen LogP contribution in [0, 0.1) is 0 Å². The first-order valence-electron chi connectivity index (χ1n) is 12.6. The Kier molecular flexibility index (Phi) is 8.65. The number of hydrogen-bond donors (Lipinski definition) is 1. The van der Waals surface area contributed by atoms with E-state index in [-0.39, 0.29) is 11.8 Å². The van der Waals surface area contributed by atoms with Gasteiger partial charge in [0.05, 0.1) is 61.7 Å². The second kappa shape index (κ2) is 12.2. The van der Waals surface area contributed by atoms with Gasteiger partial charge in [0.15, 0.2) is 34.5 Å². The second-order valence-electron chi connectivity index (χ2n) is 9.15. The molecule has 2 atom stereocenters. The highest BCUT2D eigenvalue weighted by atomic mass is 16.5. The molecule has 0 saturated heterocycles. The van der Waals surface area contributed by atoms with Crippen LogP contribution in [0.5, 0.6) is 40.2 Å². The molecule has 2 amide bonds. The van der Waals surface area contributed by atoms with Gasteiger partial charge in [-0.3, -0.25) is 9.59 Å². The quantitative estimate of drug-likeness (QED) is 0.384. The lowest BCUT2D eigenvalue weighted by atomic mass is 9.79. The van der Waals surface area contributed by atoms with Crippen molar-refractivity contribution >= 4 is 17.5 Å². The summed E-state index contributed by atoms with van der Waals surface area (Å²) in [5, 5.41) is 2.99. The van der Waals surface area contributed by atoms with Crippen LogP contribution in [0.3, 0.4) is 0 Å². The number of amides is 2. The number of hydrogen-bond acceptors (Lipinski definition) is 9. The summed E-state index contributed by atoms with van der Waals surface area (Å²) in [7, 11) is 12.2. The van der Waals surface area contributed by atoms with Gasteiger partial charge in [-0.2, -0.15) is 0 Å². The molecular formula is C30H34N2O9. The van der Waals surface area contributed by atoms with E-state index in [1.165, 1.54) is 54.7 Å². The van der Waals surface area contributed by atoms with E-state index in [1.807, 2.05) is 0 Å². The van der Waals surface area contributed by atoms with Crippen molar-refractivity contribution in [1.82, 2.24) is 4.90 Å². The van der Waals surface area contributed by atoms with Gasteiger partial charge in [-0.05, 0) is 35.4 Å². The van der Waals surface area contributed by atoms with Gasteiger partial charge in [-0.25, -0.2) is 0 Å². The molecule has 0 spiro atoms. The Bertz CT molecular complexity index is 1430. The lowest BCUT2D eigenvalue weighted by Gasteiger charge is -2.40. The normalized spacial score (nSPS) is 15.9. The summed E-state index contributed by atoms with van der Waals surface area (Å²) in [5.41, 5.74) is 1.89. The Labute approximate surface area is 238 Å². The van der Waals surface area contributed by atoms with Gasteiger partial charge < -0.3 is 43.4 Å². The predicted molar refractivity (Wildman–Crippen MR) is 151 cm³/mol. The van der Waals surface area contributed by atoms with Crippen LogP contribution in [-0.4, -0.2) is 73.5 Å². The number of nitrogens with zero attached hydrogens (tertiary/aromatic N) is 1. The fraction of sp³-hybridized carbons (Fsp3) is 0.333. The first kappa shape index (κ1) is 29.2. The zero-order valence-corrected chi connectivity index (χ0v) is 24.3. The minimum Gasteiger partial charge on any atom is -0.493 e. The maximum absolute atomic E-state index is 14.3. The molecule has 0 aromatic heterocycles. The van der Waals surface area contributed by atoms with E-state index in [0.29, 0.717) is 62.6 Å². The molecule has 4 rings (SSSR count). The number of benzene rings is 3. The molecule has 0 saturated carbocycles. The largest absolute Gasteiger partial charge is 0.493 e. The lowest BCUT2D eigenvalue weighted by molar-refractivity contribution is -0.119. The van der Waals surface area contributed by atoms with Crippen LogP contribution in [-0.2, 0) is 4.79 Å². The van der Waals surface area contributed by atoms with Crippen LogP contribution >= 0.6 is 0 Å². The van der Waals surface area contributed by atoms with Crippen molar-refractivity contribution in [1.29, 1.82) is 0 Å². The van der Waals surface area contributed by atoms with Gasteiger partial charge >= 0.3 is 0 Å². The molecule has 0 fully saturated rings. The standard InChI is InChI=1S/C30H34N2O9/c1-32-27(16-9-10-20(35-2)21(11-16)36-3)26(18-14-22(37-4)23(38-5)15-19(18)30(32)34)29(33)31-17-12-24(39-6)28(41-8)25(13-17)40-7/h9-15,26-27H,1-8H3,(H,31,33)/t26-,27-/m1/s1. The Morgan fingerprint density at radius 3 is 1.76 bits per heavy atom. The third-order valence-corrected chi connectivity index (χ3v) is 7.14. The van der Waals surface area contributed by atoms with Crippen LogP contribution in [0.15, 0.2) is 42.5 Å². The molecule has 1 aliphatic heterocycles. The van der Waals surface area contributed by atoms with E-state index < -0.39 is 12.0 Å². The fourth-order valence-corrected chi connectivity index (χ4v) is 5.16. The molecule has 218 valence electrons. The molecule has 1 heterocycles. The summed E-state index contributed by atoms with van der Waals surface area (Å²) >= 11 is 0. The molecule has 11 heteroatoms. The Balaban J connectivity index is 1.90. The first-order valence-corrected chi connectivity index (χ1v) is 12.6. The SMILES string of the molecule is COc1ccc([C@@H]2[C@H](C(=O)Nc3cc(OC)c(OC)c(OC)c3)c3cc(OC)c(OC)cc3C(=O)N2C)cc1OC. The monoisotopic (exact) mass is 566 g/mol. The number of carbonyl (C=O) groups excluding carboxylic acids is 2. The molecule has 3 aromatic rings. The molecule has 11 nitrogen and oxygen atoms in total. The van der Waals surface area contributed by atoms with Gasteiger partial charge in [-0.1, -0.05) is 6.07 Å². The Morgan fingerprint density at radius 2 is 1.22 bits per heavy atom. The van der Waals surface area contributed by atoms with Gasteiger partial charge in [0, 0.05) is 30.4 Å². The molecule has 0 unspecified atom stereocenters. The number of ether oxygens (including phenoxy) is 7. The van der Waals surface area contributed by atoms with E-state index in [1.54, 1.807) is 49.5 Å². The van der Waals surface area contributed by atoms with Gasteiger partial charge in [0.2, 0.25) is 11.7 Å². The maximum Gasteiger partial charge on any atom is 0.254 e. The van der Waals surface area contributed by atoms with Crippen LogP contribution in [0.2, 0.25) is 0 Å². The number of carbonyl (C=O) groups is 2. The number of nitrogens with one attached hydrogen (secondary N) is 1. The molecule has 3 aromatic carbocycles. The number of anilines is 1. The molecule has 41 heavy (non-hydrogen) atoms. The van der Waals surface area contributed by atoms with Crippen LogP contribution in [0.4, 0.5) is 5.69 Å². The molecule has 1 N–H and O–H groups in total. The fourth-order valence-electron chi connectivity index (χ4n) is 5.16. The van der Waals surface area contributed by atoms with Gasteiger partial charge in [-0.15, -0.1) is 0 Å².